The van der Waals surface area contributed by atoms with E-state index in [1.54, 1.807) is 53.9 Å². The van der Waals surface area contributed by atoms with Gasteiger partial charge in [0, 0.05) is 20.9 Å². The van der Waals surface area contributed by atoms with E-state index < -0.39 is 19.2 Å². The number of thiophene rings is 1. The maximum absolute atomic E-state index is 12.6. The van der Waals surface area contributed by atoms with Gasteiger partial charge in [0.2, 0.25) is 5.91 Å². The summed E-state index contributed by atoms with van der Waals surface area (Å²) in [6.07, 6.45) is 2.92. The van der Waals surface area contributed by atoms with Crippen LogP contribution in [0, 0.1) is 0 Å². The molecular formula is C18H14Cl2NO4PS. The van der Waals surface area contributed by atoms with Crippen molar-refractivity contribution in [1.82, 2.24) is 5.32 Å². The monoisotopic (exact) mass is 441 g/mol. The summed E-state index contributed by atoms with van der Waals surface area (Å²) in [5.41, 5.74) is -0.642. The van der Waals surface area contributed by atoms with Crippen molar-refractivity contribution in [2.75, 3.05) is 0 Å². The van der Waals surface area contributed by atoms with Gasteiger partial charge in [0.15, 0.2) is 5.66 Å². The smallest absolute Gasteiger partial charge is 0.332 e. The molecule has 1 aromatic heterocycles. The summed E-state index contributed by atoms with van der Waals surface area (Å²) >= 11 is 13.2. The first-order valence-electron chi connectivity index (χ1n) is 7.70. The summed E-state index contributed by atoms with van der Waals surface area (Å²) in [7, 11) is -4.76. The van der Waals surface area contributed by atoms with Crippen molar-refractivity contribution >= 4 is 64.2 Å². The maximum Gasteiger partial charge on any atom is 0.342 e. The molecule has 9 heteroatoms. The Morgan fingerprint density at radius 1 is 1.15 bits per heavy atom. The fourth-order valence-corrected chi connectivity index (χ4v) is 5.01. The molecule has 1 unspecified atom stereocenters. The topological polar surface area (TPSA) is 86.6 Å². The van der Waals surface area contributed by atoms with E-state index in [0.29, 0.717) is 15.4 Å². The van der Waals surface area contributed by atoms with E-state index >= 15 is 0 Å². The molecule has 0 aliphatic rings. The standard InChI is InChI=1S/C18H14Cl2NO4PS/c19-12-3-1-2-11(8-12)6-7-21-18(22)17(26(23,24)25)15-10-27-16-5-4-13(20)9-14(15)16/h1-10,17H,(H,21,22)(H2,23,24,25). The highest BCUT2D eigenvalue weighted by Crippen LogP contribution is 2.54. The predicted octanol–water partition coefficient (Wildman–Crippen LogP) is 5.21. The van der Waals surface area contributed by atoms with Gasteiger partial charge in [-0.1, -0.05) is 35.3 Å². The van der Waals surface area contributed by atoms with E-state index in [0.717, 1.165) is 10.3 Å². The van der Waals surface area contributed by atoms with Crippen LogP contribution in [0.2, 0.25) is 10.0 Å². The molecule has 3 aromatic rings. The van der Waals surface area contributed by atoms with E-state index in [9.17, 15) is 19.1 Å². The lowest BCUT2D eigenvalue weighted by atomic mass is 10.1. The van der Waals surface area contributed by atoms with Crippen LogP contribution in [0.5, 0.6) is 0 Å². The lowest BCUT2D eigenvalue weighted by molar-refractivity contribution is -0.120. The molecule has 0 spiro atoms. The van der Waals surface area contributed by atoms with E-state index in [1.165, 1.54) is 17.5 Å². The number of carbonyl (C=O) groups is 1. The fourth-order valence-electron chi connectivity index (χ4n) is 2.62. The lowest BCUT2D eigenvalue weighted by Gasteiger charge is -2.16. The average Bonchev–Trinajstić information content (AvgIpc) is 2.96. The molecule has 1 amide bonds. The first-order valence-corrected chi connectivity index (χ1v) is 11.0. The van der Waals surface area contributed by atoms with Gasteiger partial charge in [-0.05, 0) is 58.3 Å². The second-order valence-corrected chi connectivity index (χ2v) is 9.20. The molecule has 3 rings (SSSR count). The van der Waals surface area contributed by atoms with Gasteiger partial charge in [0.25, 0.3) is 0 Å². The second-order valence-electron chi connectivity index (χ2n) is 5.72. The Morgan fingerprint density at radius 2 is 1.89 bits per heavy atom. The van der Waals surface area contributed by atoms with Crippen LogP contribution in [0.3, 0.4) is 0 Å². The number of benzene rings is 2. The lowest BCUT2D eigenvalue weighted by Crippen LogP contribution is -2.25. The van der Waals surface area contributed by atoms with Crippen molar-refractivity contribution in [1.29, 1.82) is 0 Å². The number of fused-ring (bicyclic) bond motifs is 1. The molecule has 0 fully saturated rings. The number of halogens is 2. The molecule has 1 heterocycles. The van der Waals surface area contributed by atoms with Crippen molar-refractivity contribution in [3.63, 3.8) is 0 Å². The Hall–Kier alpha value is -1.66. The summed E-state index contributed by atoms with van der Waals surface area (Å²) in [6, 6.07) is 12.0. The Bertz CT molecular complexity index is 1080. The molecular weight excluding hydrogens is 428 g/mol. The van der Waals surface area contributed by atoms with E-state index in [1.807, 2.05) is 0 Å². The molecule has 0 bridgehead atoms. The highest BCUT2D eigenvalue weighted by molar-refractivity contribution is 7.53. The molecule has 0 aliphatic heterocycles. The minimum atomic E-state index is -4.76. The van der Waals surface area contributed by atoms with Crippen LogP contribution in [-0.4, -0.2) is 15.7 Å². The number of amides is 1. The van der Waals surface area contributed by atoms with Gasteiger partial charge in [0.05, 0.1) is 0 Å². The molecule has 5 nitrogen and oxygen atoms in total. The molecule has 27 heavy (non-hydrogen) atoms. The van der Waals surface area contributed by atoms with Crippen LogP contribution < -0.4 is 5.32 Å². The van der Waals surface area contributed by atoms with Crippen molar-refractivity contribution in [2.24, 2.45) is 0 Å². The molecule has 3 N–H and O–H groups in total. The van der Waals surface area contributed by atoms with Gasteiger partial charge in [-0.2, -0.15) is 0 Å². The van der Waals surface area contributed by atoms with Gasteiger partial charge in [-0.25, -0.2) is 0 Å². The molecule has 0 radical (unpaired) electrons. The van der Waals surface area contributed by atoms with Crippen LogP contribution in [0.15, 0.2) is 54.0 Å². The molecule has 2 aromatic carbocycles. The van der Waals surface area contributed by atoms with Crippen molar-refractivity contribution in [3.8, 4) is 0 Å². The molecule has 0 saturated carbocycles. The second kappa shape index (κ2) is 8.15. The quantitative estimate of drug-likeness (QED) is 0.474. The molecule has 0 saturated heterocycles. The van der Waals surface area contributed by atoms with Gasteiger partial charge in [-0.15, -0.1) is 11.3 Å². The number of carbonyl (C=O) groups excluding carboxylic acids is 1. The van der Waals surface area contributed by atoms with Gasteiger partial charge < -0.3 is 15.1 Å². The molecule has 140 valence electrons. The third-order valence-electron chi connectivity index (χ3n) is 3.79. The SMILES string of the molecule is O=C(NC=Cc1cccc(Cl)c1)C(c1csc2ccc(Cl)cc12)P(=O)(O)O. The summed E-state index contributed by atoms with van der Waals surface area (Å²) in [4.78, 5) is 32.1. The third-order valence-corrected chi connectivity index (χ3v) is 6.43. The first-order chi connectivity index (χ1) is 12.8. The average molecular weight is 442 g/mol. The Morgan fingerprint density at radius 3 is 2.59 bits per heavy atom. The van der Waals surface area contributed by atoms with E-state index in [-0.39, 0.29) is 5.56 Å². The summed E-state index contributed by atoms with van der Waals surface area (Å²) in [5.74, 6) is -0.804. The minimum absolute atomic E-state index is 0.250. The Kier molecular flexibility index (Phi) is 6.06. The highest BCUT2D eigenvalue weighted by Gasteiger charge is 2.38. The zero-order valence-corrected chi connectivity index (χ0v) is 16.9. The molecule has 0 aliphatic carbocycles. The fraction of sp³-hybridized carbons (Fsp3) is 0.0556. The maximum atomic E-state index is 12.6. The van der Waals surface area contributed by atoms with E-state index in [4.69, 9.17) is 23.2 Å². The summed E-state index contributed by atoms with van der Waals surface area (Å²) < 4.78 is 12.8. The highest BCUT2D eigenvalue weighted by atomic mass is 35.5. The Balaban J connectivity index is 1.89. The molecule has 1 atom stereocenters. The minimum Gasteiger partial charge on any atom is -0.332 e. The zero-order valence-electron chi connectivity index (χ0n) is 13.7. The normalized spacial score (nSPS) is 13.2. The number of hydrogen-bond donors (Lipinski definition) is 3. The van der Waals surface area contributed by atoms with Gasteiger partial charge in [0.1, 0.15) is 0 Å². The summed E-state index contributed by atoms with van der Waals surface area (Å²) in [6.45, 7) is 0. The predicted molar refractivity (Wildman–Crippen MR) is 110 cm³/mol. The van der Waals surface area contributed by atoms with E-state index in [2.05, 4.69) is 5.32 Å². The van der Waals surface area contributed by atoms with Crippen molar-refractivity contribution in [3.05, 3.63) is 75.2 Å². The number of hydrogen-bond acceptors (Lipinski definition) is 3. The first kappa shape index (κ1) is 20.1. The number of rotatable bonds is 5. The van der Waals surface area contributed by atoms with Crippen LogP contribution >= 0.6 is 42.1 Å². The zero-order chi connectivity index (χ0) is 19.6. The van der Waals surface area contributed by atoms with Crippen LogP contribution in [-0.2, 0) is 9.36 Å². The Labute approximate surface area is 169 Å². The van der Waals surface area contributed by atoms with Crippen LogP contribution in [0.4, 0.5) is 0 Å². The van der Waals surface area contributed by atoms with Crippen LogP contribution in [0.1, 0.15) is 16.8 Å². The largest absolute Gasteiger partial charge is 0.342 e. The number of nitrogens with one attached hydrogen (secondary N) is 1. The third kappa shape index (κ3) is 4.79. The van der Waals surface area contributed by atoms with Gasteiger partial charge >= 0.3 is 7.60 Å². The van der Waals surface area contributed by atoms with Crippen molar-refractivity contribution < 1.29 is 19.1 Å². The summed E-state index contributed by atoms with van der Waals surface area (Å²) in [5, 5.41) is 5.53. The van der Waals surface area contributed by atoms with Crippen LogP contribution in [0.25, 0.3) is 16.2 Å². The van der Waals surface area contributed by atoms with Crippen molar-refractivity contribution in [2.45, 2.75) is 5.66 Å². The van der Waals surface area contributed by atoms with Gasteiger partial charge in [-0.3, -0.25) is 9.36 Å².